The van der Waals surface area contributed by atoms with Gasteiger partial charge in [0.15, 0.2) is 11.6 Å². The molecule has 1 saturated heterocycles. The number of rotatable bonds is 2. The summed E-state index contributed by atoms with van der Waals surface area (Å²) in [4.78, 5) is 13.4. The van der Waals surface area contributed by atoms with Gasteiger partial charge in [0.05, 0.1) is 13.2 Å². The third kappa shape index (κ3) is 2.46. The van der Waals surface area contributed by atoms with Crippen LogP contribution in [0.3, 0.4) is 0 Å². The highest BCUT2D eigenvalue weighted by atomic mass is 19.1. The van der Waals surface area contributed by atoms with Gasteiger partial charge in [-0.15, -0.1) is 0 Å². The zero-order valence-corrected chi connectivity index (χ0v) is 10.6. The van der Waals surface area contributed by atoms with Crippen molar-refractivity contribution in [3.8, 4) is 5.75 Å². The molecule has 1 aliphatic heterocycles. The molecule has 0 radical (unpaired) electrons. The van der Waals surface area contributed by atoms with Crippen LogP contribution in [-0.2, 0) is 4.79 Å². The first-order chi connectivity index (χ1) is 8.63. The van der Waals surface area contributed by atoms with Gasteiger partial charge in [0.2, 0.25) is 5.91 Å². The van der Waals surface area contributed by atoms with E-state index in [-0.39, 0.29) is 17.7 Å². The van der Waals surface area contributed by atoms with Gasteiger partial charge in [0, 0.05) is 26.6 Å². The molecule has 0 saturated carbocycles. The van der Waals surface area contributed by atoms with E-state index in [9.17, 15) is 9.18 Å². The molecule has 18 heavy (non-hydrogen) atoms. The molecule has 0 aliphatic carbocycles. The Kier molecular flexibility index (Phi) is 3.81. The first-order valence-electron chi connectivity index (χ1n) is 5.93. The summed E-state index contributed by atoms with van der Waals surface area (Å²) >= 11 is 0. The number of amides is 1. The molecular formula is C13H17FN2O2. The number of hydrogen-bond donors (Lipinski definition) is 1. The Hall–Kier alpha value is -1.62. The maximum Gasteiger partial charge on any atom is 0.224 e. The number of methoxy groups -OCH3 is 1. The summed E-state index contributed by atoms with van der Waals surface area (Å²) in [7, 11) is 3.18. The van der Waals surface area contributed by atoms with Gasteiger partial charge in [-0.25, -0.2) is 4.39 Å². The standard InChI is InChI=1S/C13H17FN2O2/c1-16-11(8-15-6-5-13(16)17)9-3-4-12(18-2)10(14)7-9/h3-4,7,11,15H,5-6,8H2,1-2H3. The third-order valence-corrected chi connectivity index (χ3v) is 3.27. The fourth-order valence-corrected chi connectivity index (χ4v) is 2.15. The van der Waals surface area contributed by atoms with Crippen molar-refractivity contribution in [2.45, 2.75) is 12.5 Å². The van der Waals surface area contributed by atoms with Crippen molar-refractivity contribution >= 4 is 5.91 Å². The lowest BCUT2D eigenvalue weighted by Crippen LogP contribution is -2.32. The summed E-state index contributed by atoms with van der Waals surface area (Å²) in [6.45, 7) is 1.30. The second-order valence-electron chi connectivity index (χ2n) is 4.37. The molecule has 2 rings (SSSR count). The lowest BCUT2D eigenvalue weighted by molar-refractivity contribution is -0.131. The number of carbonyl (C=O) groups excluding carboxylic acids is 1. The SMILES string of the molecule is COc1ccc(C2CNCCC(=O)N2C)cc1F. The van der Waals surface area contributed by atoms with E-state index in [2.05, 4.69) is 5.32 Å². The van der Waals surface area contributed by atoms with Crippen LogP contribution in [0.4, 0.5) is 4.39 Å². The predicted molar refractivity (Wildman–Crippen MR) is 65.9 cm³/mol. The summed E-state index contributed by atoms with van der Waals surface area (Å²) in [5.74, 6) is -0.115. The summed E-state index contributed by atoms with van der Waals surface area (Å²) in [5, 5.41) is 3.19. The van der Waals surface area contributed by atoms with E-state index in [1.54, 1.807) is 24.1 Å². The molecule has 1 unspecified atom stereocenters. The average Bonchev–Trinajstić information content (AvgIpc) is 2.53. The van der Waals surface area contributed by atoms with Crippen molar-refractivity contribution in [1.29, 1.82) is 0 Å². The van der Waals surface area contributed by atoms with E-state index in [1.807, 2.05) is 0 Å². The molecule has 1 fully saturated rings. The van der Waals surface area contributed by atoms with Gasteiger partial charge in [-0.1, -0.05) is 6.07 Å². The van der Waals surface area contributed by atoms with Gasteiger partial charge < -0.3 is 15.0 Å². The first-order valence-corrected chi connectivity index (χ1v) is 5.93. The molecule has 0 bridgehead atoms. The summed E-state index contributed by atoms with van der Waals surface area (Å²) in [5.41, 5.74) is 0.776. The molecule has 1 aliphatic rings. The Balaban J connectivity index is 2.28. The van der Waals surface area contributed by atoms with E-state index < -0.39 is 5.82 Å². The van der Waals surface area contributed by atoms with Crippen LogP contribution >= 0.6 is 0 Å². The van der Waals surface area contributed by atoms with E-state index in [0.29, 0.717) is 19.5 Å². The van der Waals surface area contributed by atoms with Crippen LogP contribution in [-0.4, -0.2) is 38.1 Å². The molecule has 1 aromatic carbocycles. The largest absolute Gasteiger partial charge is 0.494 e. The van der Waals surface area contributed by atoms with Gasteiger partial charge in [-0.3, -0.25) is 4.79 Å². The molecule has 98 valence electrons. The van der Waals surface area contributed by atoms with Crippen LogP contribution in [0, 0.1) is 5.82 Å². The van der Waals surface area contributed by atoms with Gasteiger partial charge in [-0.05, 0) is 17.7 Å². The Morgan fingerprint density at radius 2 is 2.28 bits per heavy atom. The zero-order chi connectivity index (χ0) is 13.1. The van der Waals surface area contributed by atoms with E-state index in [4.69, 9.17) is 4.74 Å². The van der Waals surface area contributed by atoms with Gasteiger partial charge in [-0.2, -0.15) is 0 Å². The van der Waals surface area contributed by atoms with Crippen molar-refractivity contribution in [3.63, 3.8) is 0 Å². The van der Waals surface area contributed by atoms with Crippen molar-refractivity contribution in [2.75, 3.05) is 27.2 Å². The number of likely N-dealkylation sites (N-methyl/N-ethyl adjacent to an activating group) is 1. The highest BCUT2D eigenvalue weighted by Crippen LogP contribution is 2.25. The topological polar surface area (TPSA) is 41.6 Å². The van der Waals surface area contributed by atoms with Crippen molar-refractivity contribution in [1.82, 2.24) is 10.2 Å². The number of benzene rings is 1. The number of ether oxygens (including phenoxy) is 1. The summed E-state index contributed by atoms with van der Waals surface area (Å²) in [6, 6.07) is 4.68. The van der Waals surface area contributed by atoms with Gasteiger partial charge >= 0.3 is 0 Å². The zero-order valence-electron chi connectivity index (χ0n) is 10.6. The molecule has 1 aromatic rings. The van der Waals surface area contributed by atoms with Crippen LogP contribution in [0.5, 0.6) is 5.75 Å². The third-order valence-electron chi connectivity index (χ3n) is 3.27. The van der Waals surface area contributed by atoms with Crippen LogP contribution in [0.15, 0.2) is 18.2 Å². The first kappa shape index (κ1) is 12.8. The lowest BCUT2D eigenvalue weighted by atomic mass is 10.1. The average molecular weight is 252 g/mol. The van der Waals surface area contributed by atoms with Crippen molar-refractivity contribution < 1.29 is 13.9 Å². The lowest BCUT2D eigenvalue weighted by Gasteiger charge is -2.26. The number of halogens is 1. The Labute approximate surface area is 106 Å². The maximum atomic E-state index is 13.7. The van der Waals surface area contributed by atoms with E-state index >= 15 is 0 Å². The van der Waals surface area contributed by atoms with Crippen LogP contribution in [0.1, 0.15) is 18.0 Å². The fourth-order valence-electron chi connectivity index (χ4n) is 2.15. The highest BCUT2D eigenvalue weighted by molar-refractivity contribution is 5.77. The molecule has 1 atom stereocenters. The second kappa shape index (κ2) is 5.35. The van der Waals surface area contributed by atoms with Crippen LogP contribution in [0.25, 0.3) is 0 Å². The number of nitrogens with one attached hydrogen (secondary N) is 1. The fraction of sp³-hybridized carbons (Fsp3) is 0.462. The molecule has 4 nitrogen and oxygen atoms in total. The van der Waals surface area contributed by atoms with E-state index in [1.165, 1.54) is 13.2 Å². The van der Waals surface area contributed by atoms with Gasteiger partial charge in [0.25, 0.3) is 0 Å². The van der Waals surface area contributed by atoms with Crippen molar-refractivity contribution in [2.24, 2.45) is 0 Å². The highest BCUT2D eigenvalue weighted by Gasteiger charge is 2.24. The minimum Gasteiger partial charge on any atom is -0.494 e. The Bertz CT molecular complexity index is 451. The normalized spacial score (nSPS) is 20.7. The molecule has 0 aromatic heterocycles. The predicted octanol–water partition coefficient (Wildman–Crippen LogP) is 1.33. The van der Waals surface area contributed by atoms with Crippen LogP contribution < -0.4 is 10.1 Å². The quantitative estimate of drug-likeness (QED) is 0.863. The van der Waals surface area contributed by atoms with E-state index in [0.717, 1.165) is 5.56 Å². The Morgan fingerprint density at radius 1 is 1.50 bits per heavy atom. The summed E-state index contributed by atoms with van der Waals surface area (Å²) in [6.07, 6.45) is 0.478. The monoisotopic (exact) mass is 252 g/mol. The number of nitrogens with zero attached hydrogens (tertiary/aromatic N) is 1. The van der Waals surface area contributed by atoms with Crippen molar-refractivity contribution in [3.05, 3.63) is 29.6 Å². The molecule has 0 spiro atoms. The van der Waals surface area contributed by atoms with Crippen LogP contribution in [0.2, 0.25) is 0 Å². The maximum absolute atomic E-state index is 13.7. The molecule has 1 N–H and O–H groups in total. The smallest absolute Gasteiger partial charge is 0.224 e. The molecule has 1 heterocycles. The molecular weight excluding hydrogens is 235 g/mol. The Morgan fingerprint density at radius 3 is 2.94 bits per heavy atom. The molecule has 5 heteroatoms. The minimum absolute atomic E-state index is 0.0706. The molecule has 1 amide bonds. The number of hydrogen-bond acceptors (Lipinski definition) is 3. The summed E-state index contributed by atoms with van der Waals surface area (Å²) < 4.78 is 18.6. The van der Waals surface area contributed by atoms with Gasteiger partial charge in [0.1, 0.15) is 0 Å². The second-order valence-corrected chi connectivity index (χ2v) is 4.37. The minimum atomic E-state index is -0.403. The number of carbonyl (C=O) groups is 1.